The van der Waals surface area contributed by atoms with E-state index >= 15 is 0 Å². The summed E-state index contributed by atoms with van der Waals surface area (Å²) in [7, 11) is -1.94. The molecule has 7 heteroatoms. The number of fused-ring (bicyclic) bond motifs is 3. The second kappa shape index (κ2) is 4.08. The van der Waals surface area contributed by atoms with Gasteiger partial charge in [-0.1, -0.05) is 15.9 Å². The van der Waals surface area contributed by atoms with E-state index in [2.05, 4.69) is 21.0 Å². The van der Waals surface area contributed by atoms with Crippen molar-refractivity contribution in [2.24, 2.45) is 0 Å². The van der Waals surface area contributed by atoms with Crippen LogP contribution in [0.2, 0.25) is 0 Å². The zero-order valence-corrected chi connectivity index (χ0v) is 12.9. The van der Waals surface area contributed by atoms with E-state index in [1.807, 2.05) is 19.1 Å². The van der Waals surface area contributed by atoms with Crippen molar-refractivity contribution in [3.05, 3.63) is 28.9 Å². The third kappa shape index (κ3) is 1.64. The molecule has 0 saturated heterocycles. The standard InChI is InChI=1S/C12H12BrN3O2S/c1-3-16-12-9-6-8(13)4-5-10(9)15(2)19(17,18)11(12)7-14-16/h4-7H,3H2,1-2H3. The summed E-state index contributed by atoms with van der Waals surface area (Å²) >= 11 is 3.43. The molecule has 0 radical (unpaired) electrons. The maximum Gasteiger partial charge on any atom is 0.267 e. The molecule has 1 aliphatic rings. The highest BCUT2D eigenvalue weighted by molar-refractivity contribution is 9.10. The number of hydrogen-bond donors (Lipinski definition) is 0. The lowest BCUT2D eigenvalue weighted by molar-refractivity contribution is 0.593. The molecule has 0 bridgehead atoms. The predicted octanol–water partition coefficient (Wildman–Crippen LogP) is 2.47. The zero-order chi connectivity index (χ0) is 13.8. The van der Waals surface area contributed by atoms with Crippen molar-refractivity contribution in [3.63, 3.8) is 0 Å². The Balaban J connectivity index is 2.44. The van der Waals surface area contributed by atoms with E-state index in [9.17, 15) is 8.42 Å². The average Bonchev–Trinajstić information content (AvgIpc) is 2.81. The maximum atomic E-state index is 12.4. The highest BCUT2D eigenvalue weighted by atomic mass is 79.9. The highest BCUT2D eigenvalue weighted by Crippen LogP contribution is 2.43. The minimum Gasteiger partial charge on any atom is -0.269 e. The van der Waals surface area contributed by atoms with E-state index in [0.29, 0.717) is 17.9 Å². The molecule has 0 N–H and O–H groups in total. The Kier molecular flexibility index (Phi) is 2.72. The second-order valence-electron chi connectivity index (χ2n) is 4.31. The van der Waals surface area contributed by atoms with Crippen LogP contribution in [-0.4, -0.2) is 25.2 Å². The molecule has 0 unspecified atom stereocenters. The molecule has 0 aliphatic carbocycles. The lowest BCUT2D eigenvalue weighted by Crippen LogP contribution is -2.30. The van der Waals surface area contributed by atoms with Crippen LogP contribution in [0, 0.1) is 0 Å². The summed E-state index contributed by atoms with van der Waals surface area (Å²) in [6.07, 6.45) is 1.43. The number of aromatic nitrogens is 2. The first-order valence-corrected chi connectivity index (χ1v) is 8.04. The van der Waals surface area contributed by atoms with E-state index in [-0.39, 0.29) is 4.90 Å². The van der Waals surface area contributed by atoms with Crippen molar-refractivity contribution in [2.75, 3.05) is 11.4 Å². The van der Waals surface area contributed by atoms with Gasteiger partial charge in [-0.3, -0.25) is 8.99 Å². The first kappa shape index (κ1) is 12.7. The minimum absolute atomic E-state index is 0.266. The second-order valence-corrected chi connectivity index (χ2v) is 7.16. The van der Waals surface area contributed by atoms with Gasteiger partial charge in [-0.05, 0) is 25.1 Å². The van der Waals surface area contributed by atoms with Gasteiger partial charge in [0.25, 0.3) is 10.0 Å². The maximum absolute atomic E-state index is 12.4. The predicted molar refractivity (Wildman–Crippen MR) is 76.6 cm³/mol. The number of hydrogen-bond acceptors (Lipinski definition) is 3. The topological polar surface area (TPSA) is 55.2 Å². The van der Waals surface area contributed by atoms with Gasteiger partial charge < -0.3 is 0 Å². The van der Waals surface area contributed by atoms with Crippen LogP contribution in [0.4, 0.5) is 5.69 Å². The van der Waals surface area contributed by atoms with Crippen LogP contribution < -0.4 is 4.31 Å². The number of aryl methyl sites for hydroxylation is 1. The van der Waals surface area contributed by atoms with E-state index in [0.717, 1.165) is 10.0 Å². The molecule has 0 spiro atoms. The lowest BCUT2D eigenvalue weighted by atomic mass is 10.1. The van der Waals surface area contributed by atoms with Crippen LogP contribution in [-0.2, 0) is 16.6 Å². The number of nitrogens with zero attached hydrogens (tertiary/aromatic N) is 3. The normalized spacial score (nSPS) is 16.1. The number of halogens is 1. The van der Waals surface area contributed by atoms with E-state index < -0.39 is 10.0 Å². The van der Waals surface area contributed by atoms with Crippen molar-refractivity contribution in [3.8, 4) is 11.3 Å². The highest BCUT2D eigenvalue weighted by Gasteiger charge is 2.35. The fourth-order valence-corrected chi connectivity index (χ4v) is 4.03. The van der Waals surface area contributed by atoms with Crippen molar-refractivity contribution >= 4 is 31.6 Å². The van der Waals surface area contributed by atoms with Gasteiger partial charge in [-0.25, -0.2) is 8.42 Å². The monoisotopic (exact) mass is 341 g/mol. The quantitative estimate of drug-likeness (QED) is 0.800. The molecule has 2 aromatic rings. The van der Waals surface area contributed by atoms with Gasteiger partial charge in [-0.15, -0.1) is 0 Å². The first-order valence-electron chi connectivity index (χ1n) is 5.81. The van der Waals surface area contributed by atoms with Gasteiger partial charge >= 0.3 is 0 Å². The molecular formula is C12H12BrN3O2S. The molecule has 1 aromatic heterocycles. The van der Waals surface area contributed by atoms with Crippen molar-refractivity contribution in [1.82, 2.24) is 9.78 Å². The summed E-state index contributed by atoms with van der Waals surface area (Å²) in [4.78, 5) is 0.266. The molecule has 2 heterocycles. The molecule has 0 amide bonds. The zero-order valence-electron chi connectivity index (χ0n) is 10.5. The summed E-state index contributed by atoms with van der Waals surface area (Å²) in [6, 6.07) is 5.56. The molecular weight excluding hydrogens is 330 g/mol. The molecule has 100 valence electrons. The molecule has 1 aromatic carbocycles. The summed E-state index contributed by atoms with van der Waals surface area (Å²) < 4.78 is 28.8. The number of benzene rings is 1. The molecule has 5 nitrogen and oxygen atoms in total. The van der Waals surface area contributed by atoms with Gasteiger partial charge in [0.2, 0.25) is 0 Å². The molecule has 19 heavy (non-hydrogen) atoms. The minimum atomic E-state index is -3.50. The molecule has 0 fully saturated rings. The number of anilines is 1. The Labute approximate surface area is 120 Å². The first-order chi connectivity index (χ1) is 8.96. The Hall–Kier alpha value is -1.34. The largest absolute Gasteiger partial charge is 0.269 e. The Morgan fingerprint density at radius 2 is 2.11 bits per heavy atom. The van der Waals surface area contributed by atoms with E-state index in [1.165, 1.54) is 10.5 Å². The van der Waals surface area contributed by atoms with Crippen LogP contribution in [0.3, 0.4) is 0 Å². The Morgan fingerprint density at radius 3 is 2.79 bits per heavy atom. The third-order valence-corrected chi connectivity index (χ3v) is 5.56. The molecule has 0 saturated carbocycles. The number of rotatable bonds is 1. The van der Waals surface area contributed by atoms with Gasteiger partial charge in [0.05, 0.1) is 17.6 Å². The summed E-state index contributed by atoms with van der Waals surface area (Å²) in [5.41, 5.74) is 2.21. The smallest absolute Gasteiger partial charge is 0.267 e. The fraction of sp³-hybridized carbons (Fsp3) is 0.250. The van der Waals surface area contributed by atoms with Gasteiger partial charge in [0, 0.05) is 23.6 Å². The fourth-order valence-electron chi connectivity index (χ4n) is 2.32. The molecule has 3 rings (SSSR count). The van der Waals surface area contributed by atoms with Crippen LogP contribution in [0.1, 0.15) is 6.92 Å². The Bertz CT molecular complexity index is 767. The summed E-state index contributed by atoms with van der Waals surface area (Å²) in [5, 5.41) is 4.17. The molecule has 1 aliphatic heterocycles. The van der Waals surface area contributed by atoms with Crippen LogP contribution in [0.5, 0.6) is 0 Å². The van der Waals surface area contributed by atoms with Crippen molar-refractivity contribution in [2.45, 2.75) is 18.4 Å². The van der Waals surface area contributed by atoms with Crippen molar-refractivity contribution < 1.29 is 8.42 Å². The van der Waals surface area contributed by atoms with E-state index in [4.69, 9.17) is 0 Å². The van der Waals surface area contributed by atoms with Gasteiger partial charge in [0.15, 0.2) is 0 Å². The van der Waals surface area contributed by atoms with Gasteiger partial charge in [0.1, 0.15) is 4.90 Å². The number of sulfonamides is 1. The Morgan fingerprint density at radius 1 is 1.37 bits per heavy atom. The van der Waals surface area contributed by atoms with E-state index in [1.54, 1.807) is 17.8 Å². The third-order valence-electron chi connectivity index (χ3n) is 3.30. The lowest BCUT2D eigenvalue weighted by Gasteiger charge is -2.27. The average molecular weight is 342 g/mol. The SMILES string of the molecule is CCn1ncc2c1-c1cc(Br)ccc1N(C)S2(=O)=O. The van der Waals surface area contributed by atoms with Crippen LogP contribution in [0.15, 0.2) is 33.8 Å². The summed E-state index contributed by atoms with van der Waals surface area (Å²) in [6.45, 7) is 2.57. The van der Waals surface area contributed by atoms with Crippen LogP contribution >= 0.6 is 15.9 Å². The summed E-state index contributed by atoms with van der Waals surface area (Å²) in [5.74, 6) is 0. The van der Waals surface area contributed by atoms with Crippen molar-refractivity contribution in [1.29, 1.82) is 0 Å². The van der Waals surface area contributed by atoms with Gasteiger partial charge in [-0.2, -0.15) is 5.10 Å². The van der Waals surface area contributed by atoms with Crippen LogP contribution in [0.25, 0.3) is 11.3 Å². The molecule has 0 atom stereocenters.